The number of carbonyl (C=O) groups is 2. The van der Waals surface area contributed by atoms with Crippen LogP contribution in [-0.2, 0) is 13.1 Å². The summed E-state index contributed by atoms with van der Waals surface area (Å²) in [5, 5.41) is 24.7. The molecule has 0 amide bonds. The fraction of sp³-hybridized carbons (Fsp3) is 0.195. The van der Waals surface area contributed by atoms with Crippen LogP contribution in [0.15, 0.2) is 107 Å². The number of hydrogen-bond donors (Lipinski definition) is 2. The normalized spacial score (nSPS) is 11.8. The minimum absolute atomic E-state index is 0.133. The zero-order chi connectivity index (χ0) is 39.1. The van der Waals surface area contributed by atoms with Gasteiger partial charge < -0.3 is 10.6 Å². The number of nitriles is 1. The molecule has 6 aromatic rings. The zero-order valence-corrected chi connectivity index (χ0v) is 31.0. The molecule has 0 unspecified atom stereocenters. The number of aryl methyl sites for hydroxylation is 1. The van der Waals surface area contributed by atoms with E-state index in [1.54, 1.807) is 98.4 Å². The number of pyridine rings is 2. The molecule has 7 rings (SSSR count). The van der Waals surface area contributed by atoms with Crippen LogP contribution in [0.3, 0.4) is 0 Å². The first-order valence-corrected chi connectivity index (χ1v) is 17.9. The highest BCUT2D eigenvalue weighted by molar-refractivity contribution is 6.30. The minimum atomic E-state index is -0.405. The van der Waals surface area contributed by atoms with Crippen molar-refractivity contribution in [3.05, 3.63) is 140 Å². The van der Waals surface area contributed by atoms with Crippen LogP contribution < -0.4 is 21.8 Å². The number of halogens is 1. The molecule has 0 bridgehead atoms. The molecule has 4 aromatic heterocycles. The average Bonchev–Trinajstić information content (AvgIpc) is 4.02. The Balaban J connectivity index is 0.000000187. The van der Waals surface area contributed by atoms with Gasteiger partial charge in [-0.15, -0.1) is 0 Å². The summed E-state index contributed by atoms with van der Waals surface area (Å²) >= 11 is 6.08. The SMILES string of the molecule is CC(=O)c1c(-c2cccnc2)nn(CC2CC2)c(=O)c1Nc1cccc(Cl)c1.CCn1nc(-c2cccnc2)c(C(C)=O)c(Nc2cccc(C#N)c2)c1=O. The van der Waals surface area contributed by atoms with Crippen LogP contribution in [0.1, 0.15) is 59.9 Å². The first-order valence-electron chi connectivity index (χ1n) is 17.5. The molecule has 0 saturated heterocycles. The van der Waals surface area contributed by atoms with E-state index < -0.39 is 5.56 Å². The lowest BCUT2D eigenvalue weighted by atomic mass is 10.0. The summed E-state index contributed by atoms with van der Waals surface area (Å²) in [6, 6.07) is 22.9. The van der Waals surface area contributed by atoms with E-state index in [1.807, 2.05) is 6.07 Å². The summed E-state index contributed by atoms with van der Waals surface area (Å²) in [6.07, 6.45) is 8.69. The number of nitrogens with zero attached hydrogens (tertiary/aromatic N) is 7. The predicted molar refractivity (Wildman–Crippen MR) is 211 cm³/mol. The zero-order valence-electron chi connectivity index (χ0n) is 30.3. The van der Waals surface area contributed by atoms with E-state index >= 15 is 0 Å². The van der Waals surface area contributed by atoms with Crippen molar-refractivity contribution in [1.82, 2.24) is 29.5 Å². The number of Topliss-reactive ketones (excluding diaryl/α,β-unsaturated/α-hetero) is 2. The molecular formula is C41H36ClN9O4. The minimum Gasteiger partial charge on any atom is -0.350 e. The summed E-state index contributed by atoms with van der Waals surface area (Å²) in [7, 11) is 0. The number of anilines is 4. The third-order valence-corrected chi connectivity index (χ3v) is 8.90. The van der Waals surface area contributed by atoms with Crippen molar-refractivity contribution < 1.29 is 9.59 Å². The number of nitrogens with one attached hydrogen (secondary N) is 2. The van der Waals surface area contributed by atoms with Crippen LogP contribution in [-0.4, -0.2) is 41.1 Å². The number of carbonyl (C=O) groups excluding carboxylic acids is 2. The Morgan fingerprint density at radius 3 is 1.78 bits per heavy atom. The number of aromatic nitrogens is 6. The molecule has 55 heavy (non-hydrogen) atoms. The van der Waals surface area contributed by atoms with Gasteiger partial charge in [-0.25, -0.2) is 9.36 Å². The maximum atomic E-state index is 13.2. The van der Waals surface area contributed by atoms with Gasteiger partial charge in [0.1, 0.15) is 22.8 Å². The largest absolute Gasteiger partial charge is 0.350 e. The van der Waals surface area contributed by atoms with Crippen LogP contribution in [0.2, 0.25) is 5.02 Å². The topological polar surface area (TPSA) is 178 Å². The van der Waals surface area contributed by atoms with Gasteiger partial charge in [-0.1, -0.05) is 23.7 Å². The molecule has 0 radical (unpaired) electrons. The summed E-state index contributed by atoms with van der Waals surface area (Å²) in [5.41, 5.74) is 3.85. The molecule has 0 aliphatic heterocycles. The van der Waals surface area contributed by atoms with Crippen LogP contribution in [0.5, 0.6) is 0 Å². The molecule has 2 aromatic carbocycles. The lowest BCUT2D eigenvalue weighted by Gasteiger charge is -2.16. The highest BCUT2D eigenvalue weighted by atomic mass is 35.5. The van der Waals surface area contributed by atoms with E-state index in [4.69, 9.17) is 16.9 Å². The van der Waals surface area contributed by atoms with Gasteiger partial charge in [0.15, 0.2) is 11.6 Å². The van der Waals surface area contributed by atoms with E-state index in [0.29, 0.717) is 63.5 Å². The van der Waals surface area contributed by atoms with E-state index in [9.17, 15) is 19.2 Å². The Morgan fingerprint density at radius 1 is 0.782 bits per heavy atom. The molecule has 13 nitrogen and oxygen atoms in total. The molecule has 1 aliphatic carbocycles. The van der Waals surface area contributed by atoms with Gasteiger partial charge in [-0.05, 0) is 100 Å². The highest BCUT2D eigenvalue weighted by Gasteiger charge is 2.27. The van der Waals surface area contributed by atoms with Crippen LogP contribution >= 0.6 is 11.6 Å². The monoisotopic (exact) mass is 753 g/mol. The number of benzene rings is 2. The van der Waals surface area contributed by atoms with E-state index in [0.717, 1.165) is 12.8 Å². The van der Waals surface area contributed by atoms with Gasteiger partial charge >= 0.3 is 0 Å². The van der Waals surface area contributed by atoms with E-state index in [2.05, 4.69) is 36.9 Å². The number of rotatable bonds is 11. The Hall–Kier alpha value is -6.78. The Bertz CT molecular complexity index is 2540. The molecule has 2 N–H and O–H groups in total. The van der Waals surface area contributed by atoms with Gasteiger partial charge in [0, 0.05) is 65.4 Å². The Kier molecular flexibility index (Phi) is 11.7. The van der Waals surface area contributed by atoms with Crippen LogP contribution in [0.25, 0.3) is 22.5 Å². The standard InChI is InChI=1S/C21H19ClN4O2.C20H17N5O2/c1-13(27)18-19(15-4-3-9-23-11-15)25-26(12-14-7-8-14)21(28)20(18)24-17-6-2-5-16(22)10-17;1-3-25-20(27)19(23-16-8-4-6-14(10-16)11-21)17(13(2)26)18(24-25)15-7-5-9-22-12-15/h2-6,9-11,14,24H,7-8,12H2,1H3;4-10,12,23H,3H2,1-2H3. The lowest BCUT2D eigenvalue weighted by Crippen LogP contribution is -2.29. The smallest absolute Gasteiger partial charge is 0.291 e. The summed E-state index contributed by atoms with van der Waals surface area (Å²) < 4.78 is 2.75. The molecule has 0 atom stereocenters. The first-order chi connectivity index (χ1) is 26.6. The molecule has 276 valence electrons. The lowest BCUT2D eigenvalue weighted by molar-refractivity contribution is 0.101. The van der Waals surface area contributed by atoms with Gasteiger partial charge in [0.05, 0.1) is 22.8 Å². The molecular weight excluding hydrogens is 718 g/mol. The Labute approximate surface area is 321 Å². The second-order valence-corrected chi connectivity index (χ2v) is 13.2. The summed E-state index contributed by atoms with van der Waals surface area (Å²) in [6.45, 7) is 5.51. The van der Waals surface area contributed by atoms with E-state index in [1.165, 1.54) is 23.2 Å². The fourth-order valence-electron chi connectivity index (χ4n) is 5.87. The molecule has 4 heterocycles. The predicted octanol–water partition coefficient (Wildman–Crippen LogP) is 7.46. The van der Waals surface area contributed by atoms with Crippen LogP contribution in [0.4, 0.5) is 22.7 Å². The molecule has 1 fully saturated rings. The highest BCUT2D eigenvalue weighted by Crippen LogP contribution is 2.32. The molecule has 1 aliphatic rings. The maximum Gasteiger partial charge on any atom is 0.291 e. The van der Waals surface area contributed by atoms with Crippen molar-refractivity contribution in [2.24, 2.45) is 5.92 Å². The van der Waals surface area contributed by atoms with Crippen LogP contribution in [0, 0.1) is 17.2 Å². The number of ketones is 2. The summed E-state index contributed by atoms with van der Waals surface area (Å²) in [4.78, 5) is 59.2. The first kappa shape index (κ1) is 38.0. The number of hydrogen-bond acceptors (Lipinski definition) is 11. The quantitative estimate of drug-likeness (QED) is 0.126. The van der Waals surface area contributed by atoms with Crippen molar-refractivity contribution in [2.75, 3.05) is 10.6 Å². The van der Waals surface area contributed by atoms with Gasteiger partial charge in [0.25, 0.3) is 11.1 Å². The van der Waals surface area contributed by atoms with Crippen molar-refractivity contribution in [1.29, 1.82) is 5.26 Å². The molecule has 1 saturated carbocycles. The van der Waals surface area contributed by atoms with Gasteiger partial charge in [-0.2, -0.15) is 15.5 Å². The average molecular weight is 754 g/mol. The van der Waals surface area contributed by atoms with Gasteiger partial charge in [0.2, 0.25) is 0 Å². The van der Waals surface area contributed by atoms with E-state index in [-0.39, 0.29) is 39.6 Å². The molecule has 0 spiro atoms. The van der Waals surface area contributed by atoms with Crippen molar-refractivity contribution in [3.63, 3.8) is 0 Å². The summed E-state index contributed by atoms with van der Waals surface area (Å²) in [5.74, 6) is -0.0821. The van der Waals surface area contributed by atoms with Crippen molar-refractivity contribution in [2.45, 2.75) is 46.7 Å². The maximum absolute atomic E-state index is 13.2. The second kappa shape index (κ2) is 16.9. The molecule has 14 heteroatoms. The third-order valence-electron chi connectivity index (χ3n) is 8.67. The van der Waals surface area contributed by atoms with Gasteiger partial charge in [-0.3, -0.25) is 29.1 Å². The van der Waals surface area contributed by atoms with Crippen molar-refractivity contribution >= 4 is 45.9 Å². The second-order valence-electron chi connectivity index (χ2n) is 12.8. The van der Waals surface area contributed by atoms with Crippen molar-refractivity contribution in [3.8, 4) is 28.6 Å². The Morgan fingerprint density at radius 2 is 1.31 bits per heavy atom. The third kappa shape index (κ3) is 8.89. The fourth-order valence-corrected chi connectivity index (χ4v) is 6.06.